The van der Waals surface area contributed by atoms with Crippen molar-refractivity contribution in [2.75, 3.05) is 0 Å². The van der Waals surface area contributed by atoms with Crippen molar-refractivity contribution in [2.24, 2.45) is 7.05 Å². The first-order chi connectivity index (χ1) is 7.77. The van der Waals surface area contributed by atoms with E-state index in [0.717, 1.165) is 21.8 Å². The van der Waals surface area contributed by atoms with Gasteiger partial charge in [0.25, 0.3) is 6.33 Å². The molecule has 78 valence electrons. The molecule has 2 aromatic heterocycles. The number of hydrogen-bond donors (Lipinski definition) is 0. The van der Waals surface area contributed by atoms with Crippen LogP contribution in [0.5, 0.6) is 0 Å². The van der Waals surface area contributed by atoms with Gasteiger partial charge in [-0.15, -0.1) is 0 Å². The summed E-state index contributed by atoms with van der Waals surface area (Å²) in [6.07, 6.45) is 3.75. The van der Waals surface area contributed by atoms with Crippen molar-refractivity contribution in [2.45, 2.75) is 6.92 Å². The van der Waals surface area contributed by atoms with Gasteiger partial charge in [0.1, 0.15) is 5.69 Å². The first-order valence-electron chi connectivity index (χ1n) is 5.26. The fraction of sp³-hybridized carbons (Fsp3) is 0.154. The number of fused-ring (bicyclic) bond motifs is 3. The standard InChI is InChI=1S/C13H12N3/c1-9-11-7-14-12-6-4-3-5-10(12)13(11)15-8-16(9)2/h3-8H,1-2H3/q+1. The summed E-state index contributed by atoms with van der Waals surface area (Å²) < 4.78 is 2.01. The van der Waals surface area contributed by atoms with Crippen LogP contribution in [-0.4, -0.2) is 9.97 Å². The zero-order chi connectivity index (χ0) is 11.1. The quantitative estimate of drug-likeness (QED) is 0.419. The number of para-hydroxylation sites is 1. The fourth-order valence-electron chi connectivity index (χ4n) is 1.95. The maximum atomic E-state index is 4.49. The minimum absolute atomic E-state index is 0.996. The Morgan fingerprint density at radius 3 is 2.75 bits per heavy atom. The summed E-state index contributed by atoms with van der Waals surface area (Å²) in [6, 6.07) is 8.10. The minimum Gasteiger partial charge on any atom is -0.255 e. The van der Waals surface area contributed by atoms with Gasteiger partial charge in [-0.2, -0.15) is 0 Å². The molecule has 16 heavy (non-hydrogen) atoms. The molecule has 3 aromatic rings. The average molecular weight is 210 g/mol. The Labute approximate surface area is 93.4 Å². The largest absolute Gasteiger partial charge is 0.286 e. The second kappa shape index (κ2) is 3.23. The summed E-state index contributed by atoms with van der Waals surface area (Å²) in [4.78, 5) is 8.95. The lowest BCUT2D eigenvalue weighted by Crippen LogP contribution is -2.32. The van der Waals surface area contributed by atoms with Gasteiger partial charge < -0.3 is 0 Å². The van der Waals surface area contributed by atoms with Crippen LogP contribution >= 0.6 is 0 Å². The van der Waals surface area contributed by atoms with Gasteiger partial charge in [-0.1, -0.05) is 12.1 Å². The maximum absolute atomic E-state index is 4.49. The van der Waals surface area contributed by atoms with Crippen LogP contribution in [0.15, 0.2) is 36.8 Å². The van der Waals surface area contributed by atoms with Crippen LogP contribution < -0.4 is 4.57 Å². The first kappa shape index (κ1) is 9.21. The smallest absolute Gasteiger partial charge is 0.255 e. The van der Waals surface area contributed by atoms with E-state index < -0.39 is 0 Å². The lowest BCUT2D eigenvalue weighted by molar-refractivity contribution is -0.679. The Bertz CT molecular complexity index is 689. The molecule has 3 heteroatoms. The fourth-order valence-corrected chi connectivity index (χ4v) is 1.95. The van der Waals surface area contributed by atoms with E-state index in [0.29, 0.717) is 0 Å². The normalized spacial score (nSPS) is 11.1. The molecule has 0 bridgehead atoms. The molecule has 0 unspecified atom stereocenters. The second-order valence-corrected chi connectivity index (χ2v) is 3.98. The van der Waals surface area contributed by atoms with E-state index in [1.807, 2.05) is 42.3 Å². The summed E-state index contributed by atoms with van der Waals surface area (Å²) in [5.41, 5.74) is 3.21. The predicted molar refractivity (Wildman–Crippen MR) is 63.0 cm³/mol. The van der Waals surface area contributed by atoms with Gasteiger partial charge >= 0.3 is 0 Å². The molecule has 0 atom stereocenters. The molecule has 0 amide bonds. The highest BCUT2D eigenvalue weighted by Crippen LogP contribution is 2.21. The molecule has 0 aliphatic carbocycles. The summed E-state index contributed by atoms with van der Waals surface area (Å²) in [6.45, 7) is 2.08. The van der Waals surface area contributed by atoms with Gasteiger partial charge in [-0.05, 0) is 24.0 Å². The van der Waals surface area contributed by atoms with E-state index in [4.69, 9.17) is 0 Å². The SMILES string of the molecule is Cc1c2cnc3ccccc3c2nc[n+]1C. The van der Waals surface area contributed by atoms with Gasteiger partial charge in [-0.25, -0.2) is 4.57 Å². The van der Waals surface area contributed by atoms with Crippen molar-refractivity contribution < 1.29 is 4.57 Å². The molecular formula is C13H12N3+. The summed E-state index contributed by atoms with van der Waals surface area (Å²) in [7, 11) is 2.00. The number of aryl methyl sites for hydroxylation is 2. The molecule has 0 saturated heterocycles. The van der Waals surface area contributed by atoms with Crippen molar-refractivity contribution >= 4 is 21.8 Å². The van der Waals surface area contributed by atoms with E-state index >= 15 is 0 Å². The van der Waals surface area contributed by atoms with E-state index in [9.17, 15) is 0 Å². The van der Waals surface area contributed by atoms with Crippen molar-refractivity contribution in [3.63, 3.8) is 0 Å². The third-order valence-corrected chi connectivity index (χ3v) is 3.03. The topological polar surface area (TPSA) is 29.7 Å². The number of aromatic nitrogens is 3. The van der Waals surface area contributed by atoms with Crippen LogP contribution in [0.25, 0.3) is 21.8 Å². The molecule has 1 aromatic carbocycles. The van der Waals surface area contributed by atoms with E-state index in [-0.39, 0.29) is 0 Å². The Morgan fingerprint density at radius 1 is 1.06 bits per heavy atom. The van der Waals surface area contributed by atoms with Gasteiger partial charge in [0.05, 0.1) is 23.3 Å². The van der Waals surface area contributed by atoms with E-state index in [2.05, 4.69) is 23.0 Å². The number of benzene rings is 1. The van der Waals surface area contributed by atoms with Crippen molar-refractivity contribution in [3.8, 4) is 0 Å². The van der Waals surface area contributed by atoms with Crippen LogP contribution in [0.4, 0.5) is 0 Å². The molecule has 0 spiro atoms. The molecular weight excluding hydrogens is 198 g/mol. The van der Waals surface area contributed by atoms with Gasteiger partial charge in [-0.3, -0.25) is 4.98 Å². The molecule has 3 nitrogen and oxygen atoms in total. The summed E-state index contributed by atoms with van der Waals surface area (Å²) in [5.74, 6) is 0. The average Bonchev–Trinajstić information content (AvgIpc) is 2.33. The molecule has 3 rings (SSSR count). The number of hydrogen-bond acceptors (Lipinski definition) is 2. The Balaban J connectivity index is 2.58. The lowest BCUT2D eigenvalue weighted by atomic mass is 10.1. The predicted octanol–water partition coefficient (Wildman–Crippen LogP) is 1.92. The van der Waals surface area contributed by atoms with Crippen molar-refractivity contribution in [3.05, 3.63) is 42.5 Å². The third kappa shape index (κ3) is 1.18. The van der Waals surface area contributed by atoms with Gasteiger partial charge in [0.15, 0.2) is 5.52 Å². The van der Waals surface area contributed by atoms with Gasteiger partial charge in [0.2, 0.25) is 0 Å². The van der Waals surface area contributed by atoms with Crippen LogP contribution in [0.3, 0.4) is 0 Å². The maximum Gasteiger partial charge on any atom is 0.286 e. The summed E-state index contributed by atoms with van der Waals surface area (Å²) >= 11 is 0. The highest BCUT2D eigenvalue weighted by molar-refractivity contribution is 6.02. The number of pyridine rings is 1. The second-order valence-electron chi connectivity index (χ2n) is 3.98. The van der Waals surface area contributed by atoms with Crippen molar-refractivity contribution in [1.29, 1.82) is 0 Å². The van der Waals surface area contributed by atoms with Crippen LogP contribution in [0.2, 0.25) is 0 Å². The Kier molecular flexibility index (Phi) is 1.86. The third-order valence-electron chi connectivity index (χ3n) is 3.03. The van der Waals surface area contributed by atoms with E-state index in [1.54, 1.807) is 0 Å². The molecule has 0 radical (unpaired) electrons. The highest BCUT2D eigenvalue weighted by Gasteiger charge is 2.11. The van der Waals surface area contributed by atoms with Crippen LogP contribution in [0.1, 0.15) is 5.69 Å². The zero-order valence-electron chi connectivity index (χ0n) is 9.31. The molecule has 0 N–H and O–H groups in total. The monoisotopic (exact) mass is 210 g/mol. The first-order valence-corrected chi connectivity index (χ1v) is 5.26. The van der Waals surface area contributed by atoms with Crippen LogP contribution in [-0.2, 0) is 7.05 Å². The number of rotatable bonds is 0. The molecule has 0 aliphatic rings. The number of nitrogens with zero attached hydrogens (tertiary/aromatic N) is 3. The lowest BCUT2D eigenvalue weighted by Gasteiger charge is -2.01. The molecule has 0 saturated carbocycles. The molecule has 0 fully saturated rings. The minimum atomic E-state index is 0.996. The van der Waals surface area contributed by atoms with E-state index in [1.165, 1.54) is 5.69 Å². The Morgan fingerprint density at radius 2 is 1.88 bits per heavy atom. The summed E-state index contributed by atoms with van der Waals surface area (Å²) in [5, 5.41) is 2.23. The highest BCUT2D eigenvalue weighted by atomic mass is 15.0. The molecule has 2 heterocycles. The molecule has 0 aliphatic heterocycles. The van der Waals surface area contributed by atoms with Crippen molar-refractivity contribution in [1.82, 2.24) is 9.97 Å². The zero-order valence-corrected chi connectivity index (χ0v) is 9.31. The Hall–Kier alpha value is -2.03. The van der Waals surface area contributed by atoms with Crippen LogP contribution in [0, 0.1) is 6.92 Å². The van der Waals surface area contributed by atoms with Gasteiger partial charge in [0, 0.05) is 6.20 Å².